The van der Waals surface area contributed by atoms with Crippen molar-refractivity contribution in [2.24, 2.45) is 4.99 Å². The molecule has 29 heavy (non-hydrogen) atoms. The summed E-state index contributed by atoms with van der Waals surface area (Å²) in [5.41, 5.74) is 2.67. The molecule has 1 aliphatic heterocycles. The molecule has 1 aromatic carbocycles. The van der Waals surface area contributed by atoms with Gasteiger partial charge in [-0.3, -0.25) is 0 Å². The van der Waals surface area contributed by atoms with Gasteiger partial charge in [0.1, 0.15) is 5.84 Å². The Bertz CT molecular complexity index is 718. The summed E-state index contributed by atoms with van der Waals surface area (Å²) < 4.78 is 2.49. The molecular formula is C21H33N6PS. The molecule has 0 amide bonds. The summed E-state index contributed by atoms with van der Waals surface area (Å²) in [6, 6.07) is 9.63. The Morgan fingerprint density at radius 1 is 1.24 bits per heavy atom. The standard InChI is InChI=1S/C21H33N6PS/c1-18(26-12-14-27(15-13-26)29-28(3)4)25-21(6-5-11-23-2)17-24-20-9-7-19(16-22)8-10-20/h7-10,17,23-24H,5-6,11-15H2,1-4H3/b21-17-,25-18?. The maximum atomic E-state index is 8.94. The monoisotopic (exact) mass is 432 g/mol. The zero-order valence-electron chi connectivity index (χ0n) is 18.0. The van der Waals surface area contributed by atoms with Crippen LogP contribution in [0.5, 0.6) is 0 Å². The molecule has 6 nitrogen and oxygen atoms in total. The Labute approximate surface area is 181 Å². The van der Waals surface area contributed by atoms with Gasteiger partial charge in [0.2, 0.25) is 0 Å². The highest BCUT2D eigenvalue weighted by Crippen LogP contribution is 2.44. The fourth-order valence-electron chi connectivity index (χ4n) is 3.02. The number of benzene rings is 1. The first-order chi connectivity index (χ1) is 14.0. The van der Waals surface area contributed by atoms with Crippen LogP contribution < -0.4 is 10.6 Å². The number of anilines is 1. The van der Waals surface area contributed by atoms with Crippen molar-refractivity contribution in [3.8, 4) is 6.07 Å². The number of hydrogen-bond donors (Lipinski definition) is 2. The number of hydrogen-bond acceptors (Lipinski definition) is 6. The number of allylic oxidation sites excluding steroid dienone is 1. The average molecular weight is 433 g/mol. The van der Waals surface area contributed by atoms with Crippen molar-refractivity contribution < 1.29 is 0 Å². The van der Waals surface area contributed by atoms with Crippen LogP contribution in [0.4, 0.5) is 5.69 Å². The molecule has 1 saturated heterocycles. The van der Waals surface area contributed by atoms with Gasteiger partial charge < -0.3 is 15.5 Å². The van der Waals surface area contributed by atoms with E-state index in [0.29, 0.717) is 5.56 Å². The summed E-state index contributed by atoms with van der Waals surface area (Å²) in [7, 11) is 2.02. The maximum Gasteiger partial charge on any atom is 0.101 e. The molecule has 0 unspecified atom stereocenters. The van der Waals surface area contributed by atoms with Gasteiger partial charge in [0.25, 0.3) is 0 Å². The maximum absolute atomic E-state index is 8.94. The Morgan fingerprint density at radius 2 is 1.93 bits per heavy atom. The Morgan fingerprint density at radius 3 is 2.52 bits per heavy atom. The fraction of sp³-hybridized carbons (Fsp3) is 0.524. The van der Waals surface area contributed by atoms with Crippen LogP contribution in [0.15, 0.2) is 41.2 Å². The minimum Gasteiger partial charge on any atom is -0.360 e. The first-order valence-electron chi connectivity index (χ1n) is 10.0. The molecule has 0 aromatic heterocycles. The van der Waals surface area contributed by atoms with Crippen molar-refractivity contribution in [3.63, 3.8) is 0 Å². The highest BCUT2D eigenvalue weighted by molar-refractivity contribution is 8.54. The van der Waals surface area contributed by atoms with Crippen LogP contribution in [-0.4, -0.2) is 68.1 Å². The number of amidine groups is 1. The van der Waals surface area contributed by atoms with E-state index in [1.807, 2.05) is 49.1 Å². The third-order valence-electron chi connectivity index (χ3n) is 4.56. The van der Waals surface area contributed by atoms with Crippen molar-refractivity contribution in [3.05, 3.63) is 41.7 Å². The van der Waals surface area contributed by atoms with Crippen LogP contribution in [-0.2, 0) is 0 Å². The fourth-order valence-corrected chi connectivity index (χ4v) is 5.68. The molecule has 2 rings (SSSR count). The molecule has 1 heterocycles. The molecule has 8 heteroatoms. The van der Waals surface area contributed by atoms with Gasteiger partial charge in [-0.2, -0.15) is 5.26 Å². The quantitative estimate of drug-likeness (QED) is 0.201. The molecule has 158 valence electrons. The molecular weight excluding hydrogens is 399 g/mol. The number of rotatable bonds is 9. The van der Waals surface area contributed by atoms with E-state index < -0.39 is 0 Å². The second-order valence-electron chi connectivity index (χ2n) is 7.15. The zero-order chi connectivity index (χ0) is 21.1. The number of nitrogens with zero attached hydrogens (tertiary/aromatic N) is 4. The summed E-state index contributed by atoms with van der Waals surface area (Å²) >= 11 is 2.01. The van der Waals surface area contributed by atoms with Crippen LogP contribution in [0.3, 0.4) is 0 Å². The van der Waals surface area contributed by atoms with Gasteiger partial charge in [-0.25, -0.2) is 9.30 Å². The summed E-state index contributed by atoms with van der Waals surface area (Å²) in [6.07, 6.45) is 3.94. The van der Waals surface area contributed by atoms with Crippen molar-refractivity contribution in [2.45, 2.75) is 19.8 Å². The zero-order valence-corrected chi connectivity index (χ0v) is 19.7. The van der Waals surface area contributed by atoms with Gasteiger partial charge in [0, 0.05) is 38.1 Å². The number of piperazine rings is 1. The lowest BCUT2D eigenvalue weighted by atomic mass is 10.2. The van der Waals surface area contributed by atoms with Crippen molar-refractivity contribution in [1.82, 2.24) is 14.5 Å². The third-order valence-corrected chi connectivity index (χ3v) is 7.15. The van der Waals surface area contributed by atoms with E-state index in [0.717, 1.165) is 62.8 Å². The van der Waals surface area contributed by atoms with E-state index in [1.165, 1.54) is 0 Å². The van der Waals surface area contributed by atoms with Crippen molar-refractivity contribution in [1.29, 1.82) is 5.26 Å². The second-order valence-corrected chi connectivity index (χ2v) is 12.1. The summed E-state index contributed by atoms with van der Waals surface area (Å²) in [6.45, 7) is 11.9. The summed E-state index contributed by atoms with van der Waals surface area (Å²) in [4.78, 5) is 7.33. The van der Waals surface area contributed by atoms with Crippen molar-refractivity contribution >= 4 is 30.2 Å². The lowest BCUT2D eigenvalue weighted by Crippen LogP contribution is -2.45. The predicted molar refractivity (Wildman–Crippen MR) is 129 cm³/mol. The van der Waals surface area contributed by atoms with E-state index in [4.69, 9.17) is 10.3 Å². The molecule has 1 aliphatic rings. The highest BCUT2D eigenvalue weighted by atomic mass is 32.7. The Hall–Kier alpha value is -1.58. The van der Waals surface area contributed by atoms with Crippen molar-refractivity contribution in [2.75, 3.05) is 58.4 Å². The van der Waals surface area contributed by atoms with E-state index >= 15 is 0 Å². The largest absolute Gasteiger partial charge is 0.360 e. The van der Waals surface area contributed by atoms with Gasteiger partial charge in [-0.15, -0.1) is 0 Å². The van der Waals surface area contributed by atoms with Crippen LogP contribution in [0.1, 0.15) is 25.3 Å². The summed E-state index contributed by atoms with van der Waals surface area (Å²) in [5.74, 6) is 1.09. The predicted octanol–water partition coefficient (Wildman–Crippen LogP) is 4.15. The van der Waals surface area contributed by atoms with Crippen LogP contribution in [0.25, 0.3) is 0 Å². The minimum absolute atomic E-state index is 0.0467. The third kappa shape index (κ3) is 8.76. The first kappa shape index (κ1) is 23.7. The van der Waals surface area contributed by atoms with E-state index in [2.05, 4.69) is 46.2 Å². The number of nitriles is 1. The molecule has 1 fully saturated rings. The Balaban J connectivity index is 2.01. The van der Waals surface area contributed by atoms with Gasteiger partial charge >= 0.3 is 0 Å². The van der Waals surface area contributed by atoms with Gasteiger partial charge in [0.15, 0.2) is 0 Å². The van der Waals surface area contributed by atoms with Gasteiger partial charge in [0.05, 0.1) is 17.3 Å². The van der Waals surface area contributed by atoms with Crippen LogP contribution in [0, 0.1) is 11.3 Å². The molecule has 0 atom stereocenters. The molecule has 0 radical (unpaired) electrons. The minimum atomic E-state index is 0.0467. The number of aliphatic imine (C=N–C) groups is 1. The lowest BCUT2D eigenvalue weighted by molar-refractivity contribution is 0.282. The smallest absolute Gasteiger partial charge is 0.101 e. The van der Waals surface area contributed by atoms with Crippen LogP contribution >= 0.6 is 18.7 Å². The van der Waals surface area contributed by atoms with Crippen LogP contribution in [0.2, 0.25) is 0 Å². The summed E-state index contributed by atoms with van der Waals surface area (Å²) in [5, 5.41) is 15.5. The molecule has 0 spiro atoms. The highest BCUT2D eigenvalue weighted by Gasteiger charge is 2.19. The molecule has 0 bridgehead atoms. The molecule has 2 N–H and O–H groups in total. The first-order valence-corrected chi connectivity index (χ1v) is 13.6. The second kappa shape index (κ2) is 12.9. The van der Waals surface area contributed by atoms with E-state index in [9.17, 15) is 0 Å². The average Bonchev–Trinajstić information content (AvgIpc) is 2.72. The SMILES string of the molecule is CNCCC/C(=C/Nc1ccc(C#N)cc1)N=C(C)N1CCN(SP(C)C)CC1. The lowest BCUT2D eigenvalue weighted by Gasteiger charge is -2.35. The molecule has 1 aromatic rings. The van der Waals surface area contributed by atoms with Gasteiger partial charge in [-0.05, 0) is 78.1 Å². The van der Waals surface area contributed by atoms with Gasteiger partial charge in [-0.1, -0.05) is 11.6 Å². The molecule has 0 aliphatic carbocycles. The van der Waals surface area contributed by atoms with E-state index in [1.54, 1.807) is 0 Å². The topological polar surface area (TPSA) is 66.7 Å². The Kier molecular flexibility index (Phi) is 10.5. The van der Waals surface area contributed by atoms with E-state index in [-0.39, 0.29) is 7.12 Å². The molecule has 0 saturated carbocycles. The normalized spacial score (nSPS) is 16.2. The number of nitrogens with one attached hydrogen (secondary N) is 2.